The van der Waals surface area contributed by atoms with Crippen LogP contribution in [-0.2, 0) is 4.74 Å². The highest BCUT2D eigenvalue weighted by Crippen LogP contribution is 2.30. The summed E-state index contributed by atoms with van der Waals surface area (Å²) in [5.74, 6) is -0.103. The molecule has 3 aromatic heterocycles. The van der Waals surface area contributed by atoms with E-state index in [2.05, 4.69) is 15.2 Å². The monoisotopic (exact) mass is 492 g/mol. The zero-order chi connectivity index (χ0) is 24.5. The molecule has 2 amide bonds. The van der Waals surface area contributed by atoms with Gasteiger partial charge in [0.2, 0.25) is 0 Å². The summed E-state index contributed by atoms with van der Waals surface area (Å²) in [6.45, 7) is 6.07. The van der Waals surface area contributed by atoms with Crippen LogP contribution in [0.4, 0.5) is 4.79 Å². The molecule has 5 rings (SSSR count). The van der Waals surface area contributed by atoms with Gasteiger partial charge < -0.3 is 14.5 Å². The molecule has 0 bridgehead atoms. The van der Waals surface area contributed by atoms with Crippen LogP contribution in [0.2, 0.25) is 5.02 Å². The summed E-state index contributed by atoms with van der Waals surface area (Å²) in [6.07, 6.45) is 2.17. The largest absolute Gasteiger partial charge is 0.449 e. The number of nitrogens with zero attached hydrogens (tertiary/aromatic N) is 5. The second kappa shape index (κ2) is 9.50. The van der Waals surface area contributed by atoms with Crippen molar-refractivity contribution >= 4 is 45.5 Å². The third-order valence-electron chi connectivity index (χ3n) is 6.16. The summed E-state index contributed by atoms with van der Waals surface area (Å²) in [5.41, 5.74) is 4.20. The summed E-state index contributed by atoms with van der Waals surface area (Å²) in [7, 11) is 0. The Morgan fingerprint density at radius 3 is 2.63 bits per heavy atom. The zero-order valence-electron chi connectivity index (χ0n) is 19.5. The summed E-state index contributed by atoms with van der Waals surface area (Å²) in [6, 6.07) is 9.14. The highest BCUT2D eigenvalue weighted by atomic mass is 35.5. The summed E-state index contributed by atoms with van der Waals surface area (Å²) in [5, 5.41) is 9.34. The number of benzene rings is 1. The molecule has 1 aromatic carbocycles. The van der Waals surface area contributed by atoms with E-state index in [1.54, 1.807) is 34.2 Å². The minimum absolute atomic E-state index is 0.103. The lowest BCUT2D eigenvalue weighted by Gasteiger charge is -2.34. The molecule has 0 aliphatic carbocycles. The smallest absolute Gasteiger partial charge is 0.409 e. The highest BCUT2D eigenvalue weighted by molar-refractivity contribution is 6.35. The molecule has 10 heteroatoms. The third kappa shape index (κ3) is 4.51. The fraction of sp³-hybridized carbons (Fsp3) is 0.320. The first kappa shape index (κ1) is 23.0. The molecule has 1 aliphatic heterocycles. The number of ether oxygens (including phenoxy) is 1. The van der Waals surface area contributed by atoms with Crippen LogP contribution in [0.25, 0.3) is 33.2 Å². The quantitative estimate of drug-likeness (QED) is 0.451. The van der Waals surface area contributed by atoms with E-state index < -0.39 is 0 Å². The molecule has 180 valence electrons. The number of nitrogens with one attached hydrogen (secondary N) is 1. The molecule has 0 atom stereocenters. The lowest BCUT2D eigenvalue weighted by Crippen LogP contribution is -2.50. The number of aryl methyl sites for hydroxylation is 1. The lowest BCUT2D eigenvalue weighted by molar-refractivity contribution is 0.0560. The zero-order valence-corrected chi connectivity index (χ0v) is 20.3. The van der Waals surface area contributed by atoms with E-state index in [0.29, 0.717) is 60.2 Å². The van der Waals surface area contributed by atoms with E-state index in [9.17, 15) is 9.59 Å². The van der Waals surface area contributed by atoms with Gasteiger partial charge in [0.05, 0.1) is 22.8 Å². The van der Waals surface area contributed by atoms with Crippen molar-refractivity contribution in [3.63, 3.8) is 0 Å². The molecule has 1 saturated heterocycles. The minimum atomic E-state index is -0.325. The number of rotatable bonds is 4. The predicted octanol–water partition coefficient (Wildman–Crippen LogP) is 4.44. The van der Waals surface area contributed by atoms with E-state index >= 15 is 0 Å². The number of amides is 2. The van der Waals surface area contributed by atoms with Crippen LogP contribution in [0, 0.1) is 6.92 Å². The number of carbonyl (C=O) groups excluding carboxylic acids is 2. The molecule has 1 fully saturated rings. The van der Waals surface area contributed by atoms with Crippen molar-refractivity contribution in [2.24, 2.45) is 0 Å². The molecule has 0 radical (unpaired) electrons. The van der Waals surface area contributed by atoms with E-state index in [1.165, 1.54) is 0 Å². The molecule has 4 aromatic rings. The number of aromatic nitrogens is 4. The molecule has 0 saturated carbocycles. The van der Waals surface area contributed by atoms with Crippen LogP contribution >= 0.6 is 11.6 Å². The van der Waals surface area contributed by atoms with Gasteiger partial charge in [0.25, 0.3) is 5.91 Å². The average molecular weight is 493 g/mol. The summed E-state index contributed by atoms with van der Waals surface area (Å²) >= 11 is 6.58. The Labute approximate surface area is 207 Å². The van der Waals surface area contributed by atoms with Crippen LogP contribution in [0.5, 0.6) is 0 Å². The van der Waals surface area contributed by atoms with Gasteiger partial charge >= 0.3 is 6.09 Å². The van der Waals surface area contributed by atoms with Crippen molar-refractivity contribution in [1.82, 2.24) is 30.0 Å². The Balaban J connectivity index is 1.38. The molecule has 9 nitrogen and oxygen atoms in total. The number of halogens is 1. The maximum Gasteiger partial charge on any atom is 0.409 e. The maximum atomic E-state index is 13.2. The van der Waals surface area contributed by atoms with Gasteiger partial charge in [0.15, 0.2) is 5.65 Å². The van der Waals surface area contributed by atoms with Crippen molar-refractivity contribution < 1.29 is 14.3 Å². The van der Waals surface area contributed by atoms with E-state index in [1.807, 2.05) is 26.0 Å². The summed E-state index contributed by atoms with van der Waals surface area (Å²) < 4.78 is 5.20. The molecule has 1 aliphatic rings. The Morgan fingerprint density at radius 1 is 1.09 bits per heavy atom. The minimum Gasteiger partial charge on any atom is -0.449 e. The maximum absolute atomic E-state index is 13.2. The van der Waals surface area contributed by atoms with Gasteiger partial charge in [0.1, 0.15) is 0 Å². The molecule has 35 heavy (non-hydrogen) atoms. The van der Waals surface area contributed by atoms with Crippen molar-refractivity contribution in [3.05, 3.63) is 52.8 Å². The van der Waals surface area contributed by atoms with Gasteiger partial charge in [-0.1, -0.05) is 24.6 Å². The Morgan fingerprint density at radius 2 is 1.86 bits per heavy atom. The van der Waals surface area contributed by atoms with Gasteiger partial charge in [0, 0.05) is 60.0 Å². The standard InChI is InChI=1S/C25H25ClN6O3/c1-3-10-35-25(34)32-8-6-31(7-9-32)24(33)16-4-5-18-20(26)13-21(28-22(18)12-16)17-11-19-15(2)29-30-23(19)27-14-17/h4-5,11-14H,3,6-10H2,1-2H3,(H,27,29,30). The number of hydrogen-bond donors (Lipinski definition) is 1. The van der Waals surface area contributed by atoms with Gasteiger partial charge in [-0.3, -0.25) is 9.89 Å². The van der Waals surface area contributed by atoms with Crippen LogP contribution in [0.3, 0.4) is 0 Å². The topological polar surface area (TPSA) is 104 Å². The van der Waals surface area contributed by atoms with Crippen molar-refractivity contribution in [3.8, 4) is 11.3 Å². The highest BCUT2D eigenvalue weighted by Gasteiger charge is 2.26. The van der Waals surface area contributed by atoms with Gasteiger partial charge in [-0.15, -0.1) is 0 Å². The fourth-order valence-electron chi connectivity index (χ4n) is 4.18. The number of pyridine rings is 2. The number of H-pyrrole nitrogens is 1. The number of fused-ring (bicyclic) bond motifs is 2. The molecule has 0 unspecified atom stereocenters. The van der Waals surface area contributed by atoms with Crippen LogP contribution in [0.1, 0.15) is 29.4 Å². The predicted molar refractivity (Wildman–Crippen MR) is 133 cm³/mol. The Hall–Kier alpha value is -3.72. The number of carbonyl (C=O) groups is 2. The molecule has 4 heterocycles. The molecule has 1 N–H and O–H groups in total. The van der Waals surface area contributed by atoms with Crippen LogP contribution in [0.15, 0.2) is 36.5 Å². The fourth-order valence-corrected chi connectivity index (χ4v) is 4.45. The first-order valence-corrected chi connectivity index (χ1v) is 11.9. The van der Waals surface area contributed by atoms with E-state index in [-0.39, 0.29) is 12.0 Å². The van der Waals surface area contributed by atoms with Crippen molar-refractivity contribution in [2.75, 3.05) is 32.8 Å². The molecule has 0 spiro atoms. The van der Waals surface area contributed by atoms with Crippen molar-refractivity contribution in [1.29, 1.82) is 0 Å². The molecular formula is C25H25ClN6O3. The first-order valence-electron chi connectivity index (χ1n) is 11.6. The van der Waals surface area contributed by atoms with E-state index in [4.69, 9.17) is 21.3 Å². The second-order valence-corrected chi connectivity index (χ2v) is 8.97. The SMILES string of the molecule is CCCOC(=O)N1CCN(C(=O)c2ccc3c(Cl)cc(-c4cnc5n[nH]c(C)c5c4)nc3c2)CC1. The normalized spacial score (nSPS) is 14.0. The van der Waals surface area contributed by atoms with Gasteiger partial charge in [-0.05, 0) is 37.6 Å². The number of aromatic amines is 1. The van der Waals surface area contributed by atoms with Gasteiger partial charge in [-0.25, -0.2) is 14.8 Å². The van der Waals surface area contributed by atoms with Crippen molar-refractivity contribution in [2.45, 2.75) is 20.3 Å². The number of piperazine rings is 1. The Bertz CT molecular complexity index is 1430. The first-order chi connectivity index (χ1) is 16.9. The third-order valence-corrected chi connectivity index (χ3v) is 6.47. The van der Waals surface area contributed by atoms with Crippen LogP contribution < -0.4 is 0 Å². The van der Waals surface area contributed by atoms with E-state index in [0.717, 1.165) is 28.5 Å². The average Bonchev–Trinajstić information content (AvgIpc) is 3.26. The second-order valence-electron chi connectivity index (χ2n) is 8.56. The molecular weight excluding hydrogens is 468 g/mol. The lowest BCUT2D eigenvalue weighted by atomic mass is 10.1. The number of hydrogen-bond acceptors (Lipinski definition) is 6. The van der Waals surface area contributed by atoms with Crippen LogP contribution in [-0.4, -0.2) is 74.8 Å². The summed E-state index contributed by atoms with van der Waals surface area (Å²) in [4.78, 5) is 37.8. The Kier molecular flexibility index (Phi) is 6.25. The van der Waals surface area contributed by atoms with Gasteiger partial charge in [-0.2, -0.15) is 5.10 Å².